The molecule has 0 aliphatic carbocycles. The Morgan fingerprint density at radius 3 is 1.50 bits per heavy atom. The molecular formula is C11H26O2Si. The lowest BCUT2D eigenvalue weighted by molar-refractivity contribution is 0.123. The molecule has 0 saturated heterocycles. The molecule has 0 N–H and O–H groups in total. The second-order valence-corrected chi connectivity index (χ2v) is 7.38. The van der Waals surface area contributed by atoms with Crippen molar-refractivity contribution in [2.24, 2.45) is 5.41 Å². The minimum atomic E-state index is -1.47. The fraction of sp³-hybridized carbons (Fsp3) is 1.00. The molecular weight excluding hydrogens is 192 g/mol. The van der Waals surface area contributed by atoms with E-state index in [0.29, 0.717) is 5.41 Å². The second-order valence-electron chi connectivity index (χ2n) is 5.56. The van der Waals surface area contributed by atoms with E-state index >= 15 is 0 Å². The Balaban J connectivity index is 4.11. The van der Waals surface area contributed by atoms with Gasteiger partial charge in [-0.05, 0) is 39.2 Å². The van der Waals surface area contributed by atoms with Crippen LogP contribution in [0.2, 0.25) is 6.04 Å². The van der Waals surface area contributed by atoms with E-state index in [1.807, 2.05) is 0 Å². The van der Waals surface area contributed by atoms with Crippen molar-refractivity contribution in [2.75, 3.05) is 0 Å². The molecule has 0 saturated carbocycles. The Hall–Kier alpha value is 0.137. The van der Waals surface area contributed by atoms with Crippen molar-refractivity contribution in [3.63, 3.8) is 0 Å². The minimum Gasteiger partial charge on any atom is -0.394 e. The normalized spacial score (nSPS) is 13.3. The molecule has 0 amide bonds. The Labute approximate surface area is 90.8 Å². The Bertz CT molecular complexity index is 140. The van der Waals surface area contributed by atoms with Crippen LogP contribution in [0.5, 0.6) is 0 Å². The summed E-state index contributed by atoms with van der Waals surface area (Å²) in [6.45, 7) is 15.0. The molecule has 0 aromatic rings. The predicted octanol–water partition coefficient (Wildman–Crippen LogP) is 3.10. The molecule has 0 unspecified atom stereocenters. The van der Waals surface area contributed by atoms with Crippen LogP contribution < -0.4 is 0 Å². The summed E-state index contributed by atoms with van der Waals surface area (Å²) in [7, 11) is -1.47. The van der Waals surface area contributed by atoms with Crippen LogP contribution in [0.3, 0.4) is 0 Å². The third-order valence-corrected chi connectivity index (χ3v) is 4.88. The van der Waals surface area contributed by atoms with Crippen molar-refractivity contribution in [3.8, 4) is 0 Å². The number of rotatable bonds is 5. The van der Waals surface area contributed by atoms with Gasteiger partial charge in [0.15, 0.2) is 0 Å². The van der Waals surface area contributed by atoms with Crippen LogP contribution in [0.1, 0.15) is 48.5 Å². The highest BCUT2D eigenvalue weighted by Gasteiger charge is 2.24. The van der Waals surface area contributed by atoms with E-state index in [1.165, 1.54) is 0 Å². The molecule has 14 heavy (non-hydrogen) atoms. The van der Waals surface area contributed by atoms with Gasteiger partial charge in [-0.1, -0.05) is 20.8 Å². The van der Waals surface area contributed by atoms with E-state index in [0.717, 1.165) is 6.04 Å². The van der Waals surface area contributed by atoms with Crippen LogP contribution in [0.4, 0.5) is 0 Å². The first-order chi connectivity index (χ1) is 6.20. The molecule has 0 radical (unpaired) electrons. The molecule has 0 aromatic carbocycles. The first kappa shape index (κ1) is 14.1. The van der Waals surface area contributed by atoms with Crippen LogP contribution >= 0.6 is 0 Å². The number of hydrogen-bond acceptors (Lipinski definition) is 2. The average Bonchev–Trinajstić information content (AvgIpc) is 1.77. The topological polar surface area (TPSA) is 18.5 Å². The zero-order valence-electron chi connectivity index (χ0n) is 10.8. The van der Waals surface area contributed by atoms with Gasteiger partial charge in [0.25, 0.3) is 0 Å². The summed E-state index contributed by atoms with van der Waals surface area (Å²) in [5, 5.41) is 0. The summed E-state index contributed by atoms with van der Waals surface area (Å²) in [4.78, 5) is 0. The highest BCUT2D eigenvalue weighted by atomic mass is 28.3. The molecule has 0 aliphatic rings. The average molecular weight is 218 g/mol. The largest absolute Gasteiger partial charge is 0.394 e. The van der Waals surface area contributed by atoms with E-state index < -0.39 is 9.28 Å². The standard InChI is InChI=1S/C11H26O2Si/c1-9(2)12-14(13-10(3)4)8-11(5,6)7/h9-10,14H,8H2,1-7H3. The third-order valence-electron chi connectivity index (χ3n) is 1.63. The molecule has 3 heteroatoms. The maximum atomic E-state index is 5.85. The van der Waals surface area contributed by atoms with Gasteiger partial charge in [0, 0.05) is 12.2 Å². The summed E-state index contributed by atoms with van der Waals surface area (Å²) < 4.78 is 11.7. The first-order valence-electron chi connectivity index (χ1n) is 5.51. The van der Waals surface area contributed by atoms with Crippen molar-refractivity contribution < 1.29 is 8.85 Å². The van der Waals surface area contributed by atoms with Crippen molar-refractivity contribution in [2.45, 2.75) is 66.7 Å². The molecule has 0 spiro atoms. The van der Waals surface area contributed by atoms with Crippen molar-refractivity contribution >= 4 is 9.28 Å². The molecule has 0 aromatic heterocycles. The van der Waals surface area contributed by atoms with E-state index in [-0.39, 0.29) is 12.2 Å². The highest BCUT2D eigenvalue weighted by molar-refractivity contribution is 6.44. The van der Waals surface area contributed by atoms with Gasteiger partial charge in [-0.3, -0.25) is 0 Å². The highest BCUT2D eigenvalue weighted by Crippen LogP contribution is 2.23. The van der Waals surface area contributed by atoms with Gasteiger partial charge in [-0.15, -0.1) is 0 Å². The van der Waals surface area contributed by atoms with Crippen molar-refractivity contribution in [1.29, 1.82) is 0 Å². The van der Waals surface area contributed by atoms with Crippen LogP contribution in [0, 0.1) is 5.41 Å². The zero-order chi connectivity index (χ0) is 11.4. The van der Waals surface area contributed by atoms with Crippen LogP contribution in [0.15, 0.2) is 0 Å². The summed E-state index contributed by atoms with van der Waals surface area (Å²) in [5.41, 5.74) is 0.306. The Morgan fingerprint density at radius 1 is 0.929 bits per heavy atom. The smallest absolute Gasteiger partial charge is 0.322 e. The fourth-order valence-corrected chi connectivity index (χ4v) is 3.71. The third kappa shape index (κ3) is 8.72. The van der Waals surface area contributed by atoms with Crippen molar-refractivity contribution in [3.05, 3.63) is 0 Å². The zero-order valence-corrected chi connectivity index (χ0v) is 11.9. The number of hydrogen-bond donors (Lipinski definition) is 0. The Morgan fingerprint density at radius 2 is 1.29 bits per heavy atom. The lowest BCUT2D eigenvalue weighted by Gasteiger charge is -2.27. The quantitative estimate of drug-likeness (QED) is 0.660. The molecule has 0 rings (SSSR count). The summed E-state index contributed by atoms with van der Waals surface area (Å²) >= 11 is 0. The fourth-order valence-electron chi connectivity index (χ4n) is 1.24. The molecule has 0 aliphatic heterocycles. The SMILES string of the molecule is CC(C)O[SiH](CC(C)(C)C)OC(C)C. The van der Waals surface area contributed by atoms with Gasteiger partial charge < -0.3 is 8.85 Å². The van der Waals surface area contributed by atoms with E-state index in [4.69, 9.17) is 8.85 Å². The summed E-state index contributed by atoms with van der Waals surface area (Å²) in [6.07, 6.45) is 0.570. The minimum absolute atomic E-state index is 0.285. The molecule has 2 nitrogen and oxygen atoms in total. The van der Waals surface area contributed by atoms with E-state index in [2.05, 4.69) is 48.5 Å². The van der Waals surface area contributed by atoms with Gasteiger partial charge in [0.2, 0.25) is 0 Å². The van der Waals surface area contributed by atoms with Gasteiger partial charge in [0.05, 0.1) is 0 Å². The molecule has 0 atom stereocenters. The van der Waals surface area contributed by atoms with E-state index in [1.54, 1.807) is 0 Å². The molecule has 0 heterocycles. The monoisotopic (exact) mass is 218 g/mol. The van der Waals surface area contributed by atoms with Crippen LogP contribution in [-0.2, 0) is 8.85 Å². The maximum absolute atomic E-state index is 5.85. The van der Waals surface area contributed by atoms with Crippen molar-refractivity contribution in [1.82, 2.24) is 0 Å². The van der Waals surface area contributed by atoms with Gasteiger partial charge in [-0.2, -0.15) is 0 Å². The van der Waals surface area contributed by atoms with Gasteiger partial charge in [-0.25, -0.2) is 0 Å². The van der Waals surface area contributed by atoms with E-state index in [9.17, 15) is 0 Å². The lowest BCUT2D eigenvalue weighted by Crippen LogP contribution is -2.33. The molecule has 0 fully saturated rings. The predicted molar refractivity (Wildman–Crippen MR) is 63.9 cm³/mol. The Kier molecular flexibility index (Phi) is 5.94. The summed E-state index contributed by atoms with van der Waals surface area (Å²) in [6, 6.07) is 1.07. The lowest BCUT2D eigenvalue weighted by atomic mass is 10.0. The molecule has 86 valence electrons. The van der Waals surface area contributed by atoms with Crippen LogP contribution in [0.25, 0.3) is 0 Å². The summed E-state index contributed by atoms with van der Waals surface area (Å²) in [5.74, 6) is 0. The van der Waals surface area contributed by atoms with Crippen LogP contribution in [-0.4, -0.2) is 21.5 Å². The maximum Gasteiger partial charge on any atom is 0.322 e. The molecule has 0 bridgehead atoms. The van der Waals surface area contributed by atoms with Gasteiger partial charge in [0.1, 0.15) is 0 Å². The first-order valence-corrected chi connectivity index (χ1v) is 7.27. The second kappa shape index (κ2) is 5.88. The van der Waals surface area contributed by atoms with Gasteiger partial charge >= 0.3 is 9.28 Å².